The topological polar surface area (TPSA) is 51.8 Å². The van der Waals surface area contributed by atoms with E-state index in [2.05, 4.69) is 22.3 Å². The van der Waals surface area contributed by atoms with Crippen LogP contribution in [0.2, 0.25) is 0 Å². The first kappa shape index (κ1) is 10.3. The van der Waals surface area contributed by atoms with Gasteiger partial charge in [-0.25, -0.2) is 4.98 Å². The first-order valence-electron chi connectivity index (χ1n) is 4.88. The van der Waals surface area contributed by atoms with E-state index in [9.17, 15) is 0 Å². The Kier molecular flexibility index (Phi) is 3.08. The molecule has 1 unspecified atom stereocenters. The van der Waals surface area contributed by atoms with Crippen LogP contribution in [-0.4, -0.2) is 16.5 Å². The average Bonchev–Trinajstić information content (AvgIpc) is 2.78. The number of thiazole rings is 1. The molecule has 0 saturated carbocycles. The van der Waals surface area contributed by atoms with Crippen molar-refractivity contribution in [3.05, 3.63) is 35.5 Å². The lowest BCUT2D eigenvalue weighted by Gasteiger charge is -2.02. The van der Waals surface area contributed by atoms with Crippen LogP contribution in [0.3, 0.4) is 0 Å². The predicted molar refractivity (Wildman–Crippen MR) is 62.8 cm³/mol. The molecule has 0 radical (unpaired) electrons. The number of rotatable bonds is 3. The van der Waals surface area contributed by atoms with Crippen molar-refractivity contribution in [2.75, 3.05) is 6.54 Å². The van der Waals surface area contributed by atoms with Gasteiger partial charge in [-0.15, -0.1) is 11.3 Å². The van der Waals surface area contributed by atoms with E-state index in [-0.39, 0.29) is 0 Å². The SMILES string of the molecule is CC(CN)c1csc(-c2ccccn2)n1. The average molecular weight is 219 g/mol. The summed E-state index contributed by atoms with van der Waals surface area (Å²) in [5.74, 6) is 0.318. The second-order valence-electron chi connectivity index (χ2n) is 3.43. The highest BCUT2D eigenvalue weighted by Crippen LogP contribution is 2.24. The summed E-state index contributed by atoms with van der Waals surface area (Å²) in [6, 6.07) is 5.84. The molecular weight excluding hydrogens is 206 g/mol. The third kappa shape index (κ3) is 2.22. The highest BCUT2D eigenvalue weighted by atomic mass is 32.1. The lowest BCUT2D eigenvalue weighted by atomic mass is 10.1. The van der Waals surface area contributed by atoms with Gasteiger partial charge in [-0.1, -0.05) is 13.0 Å². The van der Waals surface area contributed by atoms with Crippen molar-refractivity contribution in [2.45, 2.75) is 12.8 Å². The number of hydrogen-bond donors (Lipinski definition) is 1. The van der Waals surface area contributed by atoms with Crippen LogP contribution in [0, 0.1) is 0 Å². The molecule has 0 bridgehead atoms. The molecule has 2 rings (SSSR count). The summed E-state index contributed by atoms with van der Waals surface area (Å²) in [7, 11) is 0. The van der Waals surface area contributed by atoms with E-state index in [1.807, 2.05) is 18.2 Å². The monoisotopic (exact) mass is 219 g/mol. The van der Waals surface area contributed by atoms with Crippen LogP contribution in [0.5, 0.6) is 0 Å². The van der Waals surface area contributed by atoms with E-state index < -0.39 is 0 Å². The molecular formula is C11H13N3S. The maximum Gasteiger partial charge on any atom is 0.142 e. The first-order valence-corrected chi connectivity index (χ1v) is 5.76. The van der Waals surface area contributed by atoms with Crippen molar-refractivity contribution < 1.29 is 0 Å². The Bertz CT molecular complexity index is 424. The van der Waals surface area contributed by atoms with Crippen molar-refractivity contribution in [1.82, 2.24) is 9.97 Å². The normalized spacial score (nSPS) is 12.7. The van der Waals surface area contributed by atoms with Crippen LogP contribution in [0.25, 0.3) is 10.7 Å². The minimum atomic E-state index is 0.318. The Hall–Kier alpha value is -1.26. The summed E-state index contributed by atoms with van der Waals surface area (Å²) in [5, 5.41) is 3.02. The predicted octanol–water partition coefficient (Wildman–Crippen LogP) is 2.27. The van der Waals surface area contributed by atoms with Crippen LogP contribution in [0.4, 0.5) is 0 Å². The van der Waals surface area contributed by atoms with Crippen LogP contribution in [-0.2, 0) is 0 Å². The number of pyridine rings is 1. The van der Waals surface area contributed by atoms with E-state index >= 15 is 0 Å². The van der Waals surface area contributed by atoms with Crippen molar-refractivity contribution in [3.8, 4) is 10.7 Å². The molecule has 2 heterocycles. The number of nitrogens with zero attached hydrogens (tertiary/aromatic N) is 2. The van der Waals surface area contributed by atoms with Crippen molar-refractivity contribution in [2.24, 2.45) is 5.73 Å². The maximum atomic E-state index is 5.60. The molecule has 15 heavy (non-hydrogen) atoms. The molecule has 2 aromatic heterocycles. The fraction of sp³-hybridized carbons (Fsp3) is 0.273. The molecule has 4 heteroatoms. The van der Waals surface area contributed by atoms with Gasteiger partial charge in [-0.3, -0.25) is 4.98 Å². The van der Waals surface area contributed by atoms with Gasteiger partial charge >= 0.3 is 0 Å². The van der Waals surface area contributed by atoms with Crippen LogP contribution >= 0.6 is 11.3 Å². The Balaban J connectivity index is 2.28. The number of aromatic nitrogens is 2. The second-order valence-corrected chi connectivity index (χ2v) is 4.29. The highest BCUT2D eigenvalue weighted by molar-refractivity contribution is 7.13. The van der Waals surface area contributed by atoms with Gasteiger partial charge in [0.15, 0.2) is 0 Å². The quantitative estimate of drug-likeness (QED) is 0.861. The molecule has 0 fully saturated rings. The standard InChI is InChI=1S/C11H13N3S/c1-8(6-12)10-7-15-11(14-10)9-4-2-3-5-13-9/h2-5,7-8H,6,12H2,1H3. The van der Waals surface area contributed by atoms with Gasteiger partial charge in [0.25, 0.3) is 0 Å². The second kappa shape index (κ2) is 4.51. The molecule has 0 amide bonds. The Morgan fingerprint density at radius 3 is 3.00 bits per heavy atom. The molecule has 3 nitrogen and oxygen atoms in total. The van der Waals surface area contributed by atoms with Gasteiger partial charge in [0.05, 0.1) is 11.4 Å². The third-order valence-electron chi connectivity index (χ3n) is 2.26. The molecule has 78 valence electrons. The first-order chi connectivity index (χ1) is 7.31. The zero-order chi connectivity index (χ0) is 10.7. The lowest BCUT2D eigenvalue weighted by Crippen LogP contribution is -2.08. The molecule has 0 aromatic carbocycles. The van der Waals surface area contributed by atoms with Crippen LogP contribution in [0.1, 0.15) is 18.5 Å². The Morgan fingerprint density at radius 1 is 1.47 bits per heavy atom. The van der Waals surface area contributed by atoms with E-state index in [0.717, 1.165) is 16.4 Å². The fourth-order valence-electron chi connectivity index (χ4n) is 1.24. The van der Waals surface area contributed by atoms with E-state index in [0.29, 0.717) is 12.5 Å². The summed E-state index contributed by atoms with van der Waals surface area (Å²) in [5.41, 5.74) is 7.59. The van der Waals surface area contributed by atoms with Gasteiger partial charge in [0, 0.05) is 24.0 Å². The summed E-state index contributed by atoms with van der Waals surface area (Å²) in [4.78, 5) is 8.79. The van der Waals surface area contributed by atoms with E-state index in [1.165, 1.54) is 0 Å². The van der Waals surface area contributed by atoms with Crippen molar-refractivity contribution >= 4 is 11.3 Å². The van der Waals surface area contributed by atoms with Crippen molar-refractivity contribution in [1.29, 1.82) is 0 Å². The van der Waals surface area contributed by atoms with Gasteiger partial charge in [-0.05, 0) is 12.1 Å². The molecule has 1 atom stereocenters. The summed E-state index contributed by atoms with van der Waals surface area (Å²) in [6.45, 7) is 2.71. The minimum absolute atomic E-state index is 0.318. The third-order valence-corrected chi connectivity index (χ3v) is 3.15. The molecule has 0 spiro atoms. The molecule has 2 aromatic rings. The number of nitrogens with two attached hydrogens (primary N) is 1. The Morgan fingerprint density at radius 2 is 2.33 bits per heavy atom. The molecule has 0 aliphatic carbocycles. The summed E-state index contributed by atoms with van der Waals surface area (Å²) in [6.07, 6.45) is 1.78. The van der Waals surface area contributed by atoms with Crippen LogP contribution in [0.15, 0.2) is 29.8 Å². The summed E-state index contributed by atoms with van der Waals surface area (Å²) < 4.78 is 0. The maximum absolute atomic E-state index is 5.60. The van der Waals surface area contributed by atoms with Gasteiger partial charge < -0.3 is 5.73 Å². The molecule has 0 saturated heterocycles. The zero-order valence-corrected chi connectivity index (χ0v) is 9.37. The van der Waals surface area contributed by atoms with Crippen LogP contribution < -0.4 is 5.73 Å². The lowest BCUT2D eigenvalue weighted by molar-refractivity contribution is 0.752. The van der Waals surface area contributed by atoms with Gasteiger partial charge in [0.2, 0.25) is 0 Å². The highest BCUT2D eigenvalue weighted by Gasteiger charge is 2.09. The summed E-state index contributed by atoms with van der Waals surface area (Å²) >= 11 is 1.62. The fourth-order valence-corrected chi connectivity index (χ4v) is 2.16. The van der Waals surface area contributed by atoms with Gasteiger partial charge in [0.1, 0.15) is 5.01 Å². The largest absolute Gasteiger partial charge is 0.330 e. The molecule has 0 aliphatic heterocycles. The molecule has 2 N–H and O–H groups in total. The molecule has 0 aliphatic rings. The van der Waals surface area contributed by atoms with E-state index in [1.54, 1.807) is 17.5 Å². The van der Waals surface area contributed by atoms with Gasteiger partial charge in [-0.2, -0.15) is 0 Å². The van der Waals surface area contributed by atoms with E-state index in [4.69, 9.17) is 5.73 Å². The Labute approximate surface area is 93.0 Å². The van der Waals surface area contributed by atoms with Crippen molar-refractivity contribution in [3.63, 3.8) is 0 Å². The number of hydrogen-bond acceptors (Lipinski definition) is 4. The smallest absolute Gasteiger partial charge is 0.142 e. The minimum Gasteiger partial charge on any atom is -0.330 e. The zero-order valence-electron chi connectivity index (χ0n) is 8.55.